The van der Waals surface area contributed by atoms with Crippen LogP contribution in [-0.4, -0.2) is 40.4 Å². The van der Waals surface area contributed by atoms with Crippen LogP contribution in [0, 0.1) is 11.8 Å². The molecule has 1 amide bonds. The van der Waals surface area contributed by atoms with Crippen LogP contribution in [0.5, 0.6) is 0 Å². The number of likely N-dealkylation sites (tertiary alicyclic amines) is 1. The summed E-state index contributed by atoms with van der Waals surface area (Å²) in [6.45, 7) is 8.59. The number of hydrogen-bond acceptors (Lipinski definition) is 5. The van der Waals surface area contributed by atoms with Gasteiger partial charge in [0.15, 0.2) is 0 Å². The first-order chi connectivity index (χ1) is 11.1. The van der Waals surface area contributed by atoms with Crippen molar-refractivity contribution in [2.75, 3.05) is 25.0 Å². The van der Waals surface area contributed by atoms with E-state index in [0.29, 0.717) is 18.4 Å². The minimum absolute atomic E-state index is 0.154. The predicted molar refractivity (Wildman–Crippen MR) is 94.8 cm³/mol. The third kappa shape index (κ3) is 3.63. The molecular weight excluding hydrogens is 308 g/mol. The second-order valence-electron chi connectivity index (χ2n) is 6.61. The number of fused-ring (bicyclic) bond motifs is 1. The van der Waals surface area contributed by atoms with Gasteiger partial charge in [-0.05, 0) is 30.7 Å². The molecule has 1 aliphatic rings. The van der Waals surface area contributed by atoms with Crippen molar-refractivity contribution in [3.05, 3.63) is 17.3 Å². The summed E-state index contributed by atoms with van der Waals surface area (Å²) in [6, 6.07) is 2.12. The fraction of sp³-hybridized carbons (Fsp3) is 0.588. The number of carbonyl (C=O) groups excluding carboxylic acids is 1. The number of aryl methyl sites for hydroxylation is 1. The van der Waals surface area contributed by atoms with Gasteiger partial charge in [-0.3, -0.25) is 4.79 Å². The molecule has 0 radical (unpaired) electrons. The second-order valence-corrected chi connectivity index (χ2v) is 7.72. The highest BCUT2D eigenvalue weighted by Crippen LogP contribution is 2.28. The molecule has 23 heavy (non-hydrogen) atoms. The van der Waals surface area contributed by atoms with Crippen molar-refractivity contribution in [3.63, 3.8) is 0 Å². The van der Waals surface area contributed by atoms with Gasteiger partial charge in [0, 0.05) is 18.0 Å². The Morgan fingerprint density at radius 1 is 1.35 bits per heavy atom. The van der Waals surface area contributed by atoms with Gasteiger partial charge >= 0.3 is 0 Å². The van der Waals surface area contributed by atoms with Crippen LogP contribution in [0.2, 0.25) is 0 Å². The number of carbonyl (C=O) groups is 1. The van der Waals surface area contributed by atoms with Crippen LogP contribution in [0.4, 0.5) is 5.82 Å². The molecule has 2 aromatic heterocycles. The molecule has 0 spiro atoms. The first kappa shape index (κ1) is 16.2. The van der Waals surface area contributed by atoms with E-state index in [1.165, 1.54) is 11.3 Å². The highest BCUT2D eigenvalue weighted by Gasteiger charge is 2.25. The molecule has 1 fully saturated rings. The summed E-state index contributed by atoms with van der Waals surface area (Å²) in [7, 11) is 0. The van der Waals surface area contributed by atoms with Crippen LogP contribution < -0.4 is 5.32 Å². The lowest BCUT2D eigenvalue weighted by Crippen LogP contribution is -2.44. The second kappa shape index (κ2) is 6.83. The number of amides is 1. The maximum Gasteiger partial charge on any atom is 0.241 e. The maximum atomic E-state index is 12.5. The van der Waals surface area contributed by atoms with Crippen molar-refractivity contribution in [2.45, 2.75) is 33.6 Å². The third-order valence-corrected chi connectivity index (χ3v) is 5.54. The van der Waals surface area contributed by atoms with Gasteiger partial charge in [-0.15, -0.1) is 11.3 Å². The van der Waals surface area contributed by atoms with E-state index in [9.17, 15) is 4.79 Å². The molecule has 1 saturated heterocycles. The van der Waals surface area contributed by atoms with Gasteiger partial charge in [0.05, 0.1) is 11.9 Å². The SMILES string of the molecule is CCc1cc2c(NCC(=O)N3CC(C)CC(C)C3)ncnc2s1. The molecule has 0 bridgehead atoms. The molecule has 6 heteroatoms. The number of nitrogens with one attached hydrogen (secondary N) is 1. The van der Waals surface area contributed by atoms with Gasteiger partial charge in [0.2, 0.25) is 5.91 Å². The van der Waals surface area contributed by atoms with Crippen molar-refractivity contribution < 1.29 is 4.79 Å². The highest BCUT2D eigenvalue weighted by molar-refractivity contribution is 7.18. The summed E-state index contributed by atoms with van der Waals surface area (Å²) in [5.74, 6) is 2.08. The zero-order chi connectivity index (χ0) is 16.4. The van der Waals surface area contributed by atoms with Gasteiger partial charge in [0.1, 0.15) is 17.0 Å². The number of nitrogens with zero attached hydrogens (tertiary/aromatic N) is 3. The number of thiophene rings is 1. The molecule has 2 aromatic rings. The normalized spacial score (nSPS) is 21.6. The van der Waals surface area contributed by atoms with E-state index in [2.05, 4.69) is 42.1 Å². The van der Waals surface area contributed by atoms with Crippen LogP contribution in [0.3, 0.4) is 0 Å². The van der Waals surface area contributed by atoms with E-state index in [4.69, 9.17) is 0 Å². The Morgan fingerprint density at radius 2 is 2.09 bits per heavy atom. The van der Waals surface area contributed by atoms with E-state index < -0.39 is 0 Å². The lowest BCUT2D eigenvalue weighted by molar-refractivity contribution is -0.131. The number of anilines is 1. The standard InChI is InChI=1S/C17H24N4OS/c1-4-13-6-14-16(19-10-20-17(14)23-13)18-7-15(22)21-8-11(2)5-12(3)9-21/h6,10-12H,4-5,7-9H2,1-3H3,(H,18,19,20). The highest BCUT2D eigenvalue weighted by atomic mass is 32.1. The summed E-state index contributed by atoms with van der Waals surface area (Å²) in [6.07, 6.45) is 3.76. The summed E-state index contributed by atoms with van der Waals surface area (Å²) in [5, 5.41) is 4.23. The Balaban J connectivity index is 1.68. The van der Waals surface area contributed by atoms with Crippen molar-refractivity contribution in [2.24, 2.45) is 11.8 Å². The molecule has 1 aliphatic heterocycles. The third-order valence-electron chi connectivity index (χ3n) is 4.36. The minimum Gasteiger partial charge on any atom is -0.360 e. The molecule has 5 nitrogen and oxygen atoms in total. The largest absolute Gasteiger partial charge is 0.360 e. The quantitative estimate of drug-likeness (QED) is 0.934. The van der Waals surface area contributed by atoms with E-state index in [-0.39, 0.29) is 5.91 Å². The Bertz CT molecular complexity index is 689. The smallest absolute Gasteiger partial charge is 0.241 e. The van der Waals surface area contributed by atoms with Crippen molar-refractivity contribution in [1.82, 2.24) is 14.9 Å². The van der Waals surface area contributed by atoms with Crippen molar-refractivity contribution in [1.29, 1.82) is 0 Å². The van der Waals surface area contributed by atoms with Crippen LogP contribution in [-0.2, 0) is 11.2 Å². The first-order valence-electron chi connectivity index (χ1n) is 8.31. The van der Waals surface area contributed by atoms with E-state index in [0.717, 1.165) is 35.5 Å². The summed E-state index contributed by atoms with van der Waals surface area (Å²) >= 11 is 1.69. The molecule has 0 aliphatic carbocycles. The molecule has 2 unspecified atom stereocenters. The number of hydrogen-bond donors (Lipinski definition) is 1. The van der Waals surface area contributed by atoms with Gasteiger partial charge in [0.25, 0.3) is 0 Å². The molecule has 124 valence electrons. The average molecular weight is 332 g/mol. The molecular formula is C17H24N4OS. The van der Waals surface area contributed by atoms with Crippen LogP contribution in [0.15, 0.2) is 12.4 Å². The number of aromatic nitrogens is 2. The monoisotopic (exact) mass is 332 g/mol. The van der Waals surface area contributed by atoms with Gasteiger partial charge in [-0.2, -0.15) is 0 Å². The fourth-order valence-electron chi connectivity index (χ4n) is 3.36. The summed E-state index contributed by atoms with van der Waals surface area (Å²) in [5.41, 5.74) is 0. The lowest BCUT2D eigenvalue weighted by atomic mass is 9.92. The van der Waals surface area contributed by atoms with Crippen molar-refractivity contribution >= 4 is 33.3 Å². The van der Waals surface area contributed by atoms with E-state index >= 15 is 0 Å². The number of piperidine rings is 1. The molecule has 3 rings (SSSR count). The Labute approximate surface area is 141 Å². The Kier molecular flexibility index (Phi) is 4.80. The molecule has 2 atom stereocenters. The first-order valence-corrected chi connectivity index (χ1v) is 9.13. The van der Waals surface area contributed by atoms with Gasteiger partial charge in [-0.25, -0.2) is 9.97 Å². The van der Waals surface area contributed by atoms with Crippen molar-refractivity contribution in [3.8, 4) is 0 Å². The molecule has 3 heterocycles. The topological polar surface area (TPSA) is 58.1 Å². The molecule has 0 saturated carbocycles. The van der Waals surface area contributed by atoms with Gasteiger partial charge < -0.3 is 10.2 Å². The summed E-state index contributed by atoms with van der Waals surface area (Å²) < 4.78 is 0. The lowest BCUT2D eigenvalue weighted by Gasteiger charge is -2.35. The van der Waals surface area contributed by atoms with Crippen LogP contribution in [0.25, 0.3) is 10.2 Å². The average Bonchev–Trinajstić information content (AvgIpc) is 2.95. The zero-order valence-corrected chi connectivity index (χ0v) is 14.8. The minimum atomic E-state index is 0.154. The zero-order valence-electron chi connectivity index (χ0n) is 14.0. The summed E-state index contributed by atoms with van der Waals surface area (Å²) in [4.78, 5) is 25.4. The molecule has 0 aromatic carbocycles. The fourth-order valence-corrected chi connectivity index (χ4v) is 4.29. The Morgan fingerprint density at radius 3 is 2.78 bits per heavy atom. The van der Waals surface area contributed by atoms with E-state index in [1.54, 1.807) is 17.7 Å². The van der Waals surface area contributed by atoms with Crippen LogP contribution >= 0.6 is 11.3 Å². The maximum absolute atomic E-state index is 12.5. The Hall–Kier alpha value is -1.69. The van der Waals surface area contributed by atoms with Crippen LogP contribution in [0.1, 0.15) is 32.1 Å². The molecule has 1 N–H and O–H groups in total. The number of rotatable bonds is 4. The predicted octanol–water partition coefficient (Wildman–Crippen LogP) is 3.17. The van der Waals surface area contributed by atoms with E-state index in [1.807, 2.05) is 4.90 Å². The van der Waals surface area contributed by atoms with Gasteiger partial charge in [-0.1, -0.05) is 20.8 Å².